The van der Waals surface area contributed by atoms with Crippen LogP contribution in [0.1, 0.15) is 18.4 Å². The quantitative estimate of drug-likeness (QED) is 0.864. The van der Waals surface area contributed by atoms with Crippen molar-refractivity contribution in [3.63, 3.8) is 0 Å². The summed E-state index contributed by atoms with van der Waals surface area (Å²) in [5.41, 5.74) is 9.41. The molecule has 0 spiro atoms. The second kappa shape index (κ2) is 7.11. The Hall–Kier alpha value is -1.59. The summed E-state index contributed by atoms with van der Waals surface area (Å²) >= 11 is 0. The van der Waals surface area contributed by atoms with Crippen molar-refractivity contribution in [2.75, 3.05) is 19.6 Å². The van der Waals surface area contributed by atoms with Gasteiger partial charge in [0.1, 0.15) is 6.61 Å². The Balaban J connectivity index is 1.72. The summed E-state index contributed by atoms with van der Waals surface area (Å²) in [5.74, 6) is 0.461. The smallest absolute Gasteiger partial charge is 0.422 e. The molecule has 0 bridgehead atoms. The summed E-state index contributed by atoms with van der Waals surface area (Å²) in [6.07, 6.45) is 1.79. The van der Waals surface area contributed by atoms with Crippen molar-refractivity contribution in [1.29, 1.82) is 0 Å². The lowest BCUT2D eigenvalue weighted by atomic mass is 10.00. The third-order valence-corrected chi connectivity index (χ3v) is 3.31. The van der Waals surface area contributed by atoms with Crippen molar-refractivity contribution in [2.24, 2.45) is 11.7 Å². The van der Waals surface area contributed by atoms with Crippen LogP contribution in [0, 0.1) is 5.92 Å². The highest BCUT2D eigenvalue weighted by Crippen LogP contribution is 2.13. The van der Waals surface area contributed by atoms with Gasteiger partial charge < -0.3 is 10.5 Å². The predicted molar refractivity (Wildman–Crippen MR) is 73.1 cm³/mol. The minimum Gasteiger partial charge on any atom is -0.444 e. The van der Waals surface area contributed by atoms with Crippen LogP contribution in [-0.2, 0) is 11.3 Å². The number of hydrogen-bond donors (Lipinski definition) is 2. The van der Waals surface area contributed by atoms with Crippen LogP contribution in [0.5, 0.6) is 0 Å². The van der Waals surface area contributed by atoms with E-state index in [9.17, 15) is 4.79 Å². The minimum absolute atomic E-state index is 0.292. The zero-order valence-electron chi connectivity index (χ0n) is 11.0. The molecule has 0 aromatic heterocycles. The Morgan fingerprint density at radius 1 is 1.42 bits per heavy atom. The molecule has 0 radical (unpaired) electrons. The second-order valence-corrected chi connectivity index (χ2v) is 4.86. The van der Waals surface area contributed by atoms with Crippen LogP contribution in [0.25, 0.3) is 0 Å². The highest BCUT2D eigenvalue weighted by molar-refractivity contribution is 5.66. The number of hydrazine groups is 1. The molecule has 19 heavy (non-hydrogen) atoms. The van der Waals surface area contributed by atoms with E-state index in [4.69, 9.17) is 10.5 Å². The molecule has 1 fully saturated rings. The van der Waals surface area contributed by atoms with E-state index in [0.29, 0.717) is 19.1 Å². The first-order valence-electron chi connectivity index (χ1n) is 6.70. The van der Waals surface area contributed by atoms with Gasteiger partial charge in [-0.3, -0.25) is 5.43 Å². The van der Waals surface area contributed by atoms with Crippen LogP contribution in [-0.4, -0.2) is 30.7 Å². The molecule has 1 amide bonds. The number of piperidine rings is 1. The van der Waals surface area contributed by atoms with E-state index in [-0.39, 0.29) is 0 Å². The maximum atomic E-state index is 11.7. The first-order chi connectivity index (χ1) is 9.28. The fourth-order valence-corrected chi connectivity index (χ4v) is 2.24. The van der Waals surface area contributed by atoms with Crippen LogP contribution in [0.15, 0.2) is 30.3 Å². The van der Waals surface area contributed by atoms with Gasteiger partial charge in [-0.05, 0) is 30.9 Å². The van der Waals surface area contributed by atoms with E-state index in [1.807, 2.05) is 35.3 Å². The topological polar surface area (TPSA) is 67.6 Å². The van der Waals surface area contributed by atoms with Crippen LogP contribution < -0.4 is 11.2 Å². The largest absolute Gasteiger partial charge is 0.444 e. The van der Waals surface area contributed by atoms with E-state index < -0.39 is 6.09 Å². The maximum absolute atomic E-state index is 11.7. The number of carbonyl (C=O) groups excluding carboxylic acids is 1. The number of amides is 1. The van der Waals surface area contributed by atoms with Gasteiger partial charge in [0, 0.05) is 13.1 Å². The summed E-state index contributed by atoms with van der Waals surface area (Å²) in [6, 6.07) is 9.64. The number of nitrogens with one attached hydrogen (secondary N) is 1. The third-order valence-electron chi connectivity index (χ3n) is 3.31. The van der Waals surface area contributed by atoms with Crippen LogP contribution in [0.4, 0.5) is 4.79 Å². The van der Waals surface area contributed by atoms with Crippen molar-refractivity contribution in [3.8, 4) is 0 Å². The van der Waals surface area contributed by atoms with E-state index >= 15 is 0 Å². The van der Waals surface area contributed by atoms with E-state index in [1.165, 1.54) is 0 Å². The third kappa shape index (κ3) is 4.54. The molecule has 1 unspecified atom stereocenters. The molecule has 5 heteroatoms. The Labute approximate surface area is 113 Å². The Morgan fingerprint density at radius 3 is 2.95 bits per heavy atom. The summed E-state index contributed by atoms with van der Waals surface area (Å²) in [4.78, 5) is 11.7. The number of nitrogens with zero attached hydrogens (tertiary/aromatic N) is 1. The summed E-state index contributed by atoms with van der Waals surface area (Å²) in [6.45, 7) is 2.62. The molecule has 0 aliphatic carbocycles. The van der Waals surface area contributed by atoms with Gasteiger partial charge in [0.05, 0.1) is 0 Å². The summed E-state index contributed by atoms with van der Waals surface area (Å²) < 4.78 is 5.18. The van der Waals surface area contributed by atoms with Crippen molar-refractivity contribution in [3.05, 3.63) is 35.9 Å². The Kier molecular flexibility index (Phi) is 5.18. The molecule has 1 heterocycles. The van der Waals surface area contributed by atoms with Gasteiger partial charge in [-0.2, -0.15) is 0 Å². The van der Waals surface area contributed by atoms with Gasteiger partial charge in [-0.1, -0.05) is 30.3 Å². The molecule has 1 atom stereocenters. The predicted octanol–water partition coefficient (Wildman–Crippen LogP) is 1.50. The number of nitrogens with two attached hydrogens (primary N) is 1. The van der Waals surface area contributed by atoms with E-state index in [0.717, 1.165) is 31.5 Å². The van der Waals surface area contributed by atoms with Crippen molar-refractivity contribution >= 4 is 6.09 Å². The molecular weight excluding hydrogens is 242 g/mol. The molecule has 1 saturated heterocycles. The molecule has 3 N–H and O–H groups in total. The standard InChI is InChI=1S/C14H21N3O2/c15-9-13-7-4-8-17(10-13)16-14(18)19-11-12-5-2-1-3-6-12/h1-3,5-6,13H,4,7-11,15H2,(H,16,18). The maximum Gasteiger partial charge on any atom is 0.422 e. The molecule has 1 aliphatic rings. The average molecular weight is 263 g/mol. The van der Waals surface area contributed by atoms with Crippen LogP contribution >= 0.6 is 0 Å². The van der Waals surface area contributed by atoms with Gasteiger partial charge in [0.2, 0.25) is 0 Å². The Morgan fingerprint density at radius 2 is 2.21 bits per heavy atom. The first kappa shape index (κ1) is 13.8. The minimum atomic E-state index is -0.401. The Bertz CT molecular complexity index is 397. The normalized spacial score (nSPS) is 19.9. The molecular formula is C14H21N3O2. The highest BCUT2D eigenvalue weighted by Gasteiger charge is 2.20. The van der Waals surface area contributed by atoms with Gasteiger partial charge in [0.15, 0.2) is 0 Å². The lowest BCUT2D eigenvalue weighted by Gasteiger charge is -2.31. The van der Waals surface area contributed by atoms with Crippen molar-refractivity contribution in [2.45, 2.75) is 19.4 Å². The van der Waals surface area contributed by atoms with Gasteiger partial charge >= 0.3 is 6.09 Å². The monoisotopic (exact) mass is 263 g/mol. The molecule has 104 valence electrons. The van der Waals surface area contributed by atoms with Crippen molar-refractivity contribution in [1.82, 2.24) is 10.4 Å². The van der Waals surface area contributed by atoms with Gasteiger partial charge in [-0.25, -0.2) is 9.80 Å². The number of benzene rings is 1. The summed E-state index contributed by atoms with van der Waals surface area (Å²) in [7, 11) is 0. The molecule has 1 aromatic carbocycles. The lowest BCUT2D eigenvalue weighted by Crippen LogP contribution is -2.49. The zero-order valence-corrected chi connectivity index (χ0v) is 11.0. The number of ether oxygens (including phenoxy) is 1. The number of carbonyl (C=O) groups is 1. The second-order valence-electron chi connectivity index (χ2n) is 4.86. The lowest BCUT2D eigenvalue weighted by molar-refractivity contribution is 0.0778. The van der Waals surface area contributed by atoms with Crippen molar-refractivity contribution < 1.29 is 9.53 Å². The molecule has 5 nitrogen and oxygen atoms in total. The number of rotatable bonds is 4. The van der Waals surface area contributed by atoms with E-state index in [1.54, 1.807) is 0 Å². The molecule has 1 aliphatic heterocycles. The molecule has 0 saturated carbocycles. The number of hydrogen-bond acceptors (Lipinski definition) is 4. The van der Waals surface area contributed by atoms with E-state index in [2.05, 4.69) is 5.43 Å². The average Bonchev–Trinajstić information content (AvgIpc) is 2.46. The fraction of sp³-hybridized carbons (Fsp3) is 0.500. The van der Waals surface area contributed by atoms with Crippen LogP contribution in [0.2, 0.25) is 0 Å². The zero-order chi connectivity index (χ0) is 13.5. The highest BCUT2D eigenvalue weighted by atomic mass is 16.6. The van der Waals surface area contributed by atoms with Gasteiger partial charge in [0.25, 0.3) is 0 Å². The van der Waals surface area contributed by atoms with Crippen LogP contribution in [0.3, 0.4) is 0 Å². The SMILES string of the molecule is NCC1CCCN(NC(=O)OCc2ccccc2)C1. The molecule has 1 aromatic rings. The fourth-order valence-electron chi connectivity index (χ4n) is 2.24. The molecule has 2 rings (SSSR count). The first-order valence-corrected chi connectivity index (χ1v) is 6.70. The summed E-state index contributed by atoms with van der Waals surface area (Å²) in [5, 5.41) is 1.90. The van der Waals surface area contributed by atoms with Gasteiger partial charge in [-0.15, -0.1) is 0 Å².